The van der Waals surface area contributed by atoms with Crippen molar-refractivity contribution in [1.82, 2.24) is 4.98 Å². The maximum atomic E-state index is 11.1. The summed E-state index contributed by atoms with van der Waals surface area (Å²) < 4.78 is 0. The highest BCUT2D eigenvalue weighted by Crippen LogP contribution is 2.29. The Hall–Kier alpha value is -2.94. The van der Waals surface area contributed by atoms with Gasteiger partial charge in [0.05, 0.1) is 28.3 Å². The maximum absolute atomic E-state index is 11.1. The molecule has 1 heterocycles. The smallest absolute Gasteiger partial charge is 0.275 e. The molecule has 1 aromatic heterocycles. The predicted molar refractivity (Wildman–Crippen MR) is 78.8 cm³/mol. The zero-order valence-electron chi connectivity index (χ0n) is 11.7. The van der Waals surface area contributed by atoms with Crippen molar-refractivity contribution in [3.63, 3.8) is 0 Å². The molecule has 0 spiro atoms. The van der Waals surface area contributed by atoms with Crippen molar-refractivity contribution in [3.8, 4) is 6.07 Å². The van der Waals surface area contributed by atoms with E-state index in [9.17, 15) is 10.1 Å². The van der Waals surface area contributed by atoms with Crippen LogP contribution in [0.1, 0.15) is 29.8 Å². The zero-order valence-corrected chi connectivity index (χ0v) is 11.7. The molecule has 0 fully saturated rings. The summed E-state index contributed by atoms with van der Waals surface area (Å²) in [7, 11) is 0. The average molecular weight is 282 g/mol. The summed E-state index contributed by atoms with van der Waals surface area (Å²) in [5, 5.41) is 23.2. The van der Waals surface area contributed by atoms with E-state index in [2.05, 4.69) is 10.3 Å². The van der Waals surface area contributed by atoms with Crippen LogP contribution >= 0.6 is 0 Å². The number of benzene rings is 1. The molecule has 6 nitrogen and oxygen atoms in total. The average Bonchev–Trinajstić information content (AvgIpc) is 2.49. The van der Waals surface area contributed by atoms with E-state index in [4.69, 9.17) is 5.26 Å². The second-order valence-corrected chi connectivity index (χ2v) is 4.66. The first kappa shape index (κ1) is 14.5. The van der Waals surface area contributed by atoms with Gasteiger partial charge < -0.3 is 5.32 Å². The van der Waals surface area contributed by atoms with Gasteiger partial charge in [0.1, 0.15) is 0 Å². The molecule has 1 aromatic carbocycles. The first-order valence-electron chi connectivity index (χ1n) is 6.39. The highest BCUT2D eigenvalue weighted by Gasteiger charge is 2.18. The molecular weight excluding hydrogens is 268 g/mol. The van der Waals surface area contributed by atoms with Crippen LogP contribution < -0.4 is 5.32 Å². The second kappa shape index (κ2) is 6.01. The molecule has 2 rings (SSSR count). The fourth-order valence-corrected chi connectivity index (χ4v) is 2.04. The van der Waals surface area contributed by atoms with Crippen molar-refractivity contribution >= 4 is 11.4 Å². The third kappa shape index (κ3) is 3.15. The molecule has 21 heavy (non-hydrogen) atoms. The highest BCUT2D eigenvalue weighted by molar-refractivity contribution is 5.64. The Morgan fingerprint density at radius 3 is 2.76 bits per heavy atom. The van der Waals surface area contributed by atoms with Gasteiger partial charge in [0.2, 0.25) is 0 Å². The summed E-state index contributed by atoms with van der Waals surface area (Å²) in [4.78, 5) is 14.8. The van der Waals surface area contributed by atoms with Crippen LogP contribution in [0.25, 0.3) is 0 Å². The molecule has 0 saturated carbocycles. The fourth-order valence-electron chi connectivity index (χ4n) is 2.04. The normalized spacial score (nSPS) is 11.5. The number of nitro groups is 1. The Bertz CT molecular complexity index is 708. The van der Waals surface area contributed by atoms with Crippen molar-refractivity contribution < 1.29 is 4.92 Å². The molecule has 1 N–H and O–H groups in total. The molecule has 106 valence electrons. The van der Waals surface area contributed by atoms with Gasteiger partial charge in [-0.1, -0.05) is 6.07 Å². The van der Waals surface area contributed by atoms with Gasteiger partial charge in [-0.05, 0) is 32.0 Å². The van der Waals surface area contributed by atoms with E-state index in [1.807, 2.05) is 31.2 Å². The molecule has 0 amide bonds. The molecule has 1 unspecified atom stereocenters. The molecule has 0 aliphatic carbocycles. The zero-order chi connectivity index (χ0) is 15.4. The number of pyridine rings is 1. The fraction of sp³-hybridized carbons (Fsp3) is 0.200. The Morgan fingerprint density at radius 2 is 2.19 bits per heavy atom. The number of hydrogen-bond donors (Lipinski definition) is 1. The lowest BCUT2D eigenvalue weighted by Gasteiger charge is -2.16. The topological polar surface area (TPSA) is 91.8 Å². The molecule has 6 heteroatoms. The van der Waals surface area contributed by atoms with E-state index < -0.39 is 4.92 Å². The first-order chi connectivity index (χ1) is 10.0. The van der Waals surface area contributed by atoms with Crippen molar-refractivity contribution in [3.05, 3.63) is 63.5 Å². The van der Waals surface area contributed by atoms with Crippen LogP contribution in [0.3, 0.4) is 0 Å². The molecule has 0 radical (unpaired) electrons. The van der Waals surface area contributed by atoms with Crippen molar-refractivity contribution in [2.75, 3.05) is 5.32 Å². The summed E-state index contributed by atoms with van der Waals surface area (Å²) in [5.74, 6) is 0. The van der Waals surface area contributed by atoms with E-state index in [-0.39, 0.29) is 17.3 Å². The minimum absolute atomic E-state index is 0.0650. The minimum Gasteiger partial charge on any atom is -0.376 e. The van der Waals surface area contributed by atoms with E-state index in [0.717, 1.165) is 5.69 Å². The van der Waals surface area contributed by atoms with E-state index in [0.29, 0.717) is 11.3 Å². The number of nitro benzene ring substituents is 1. The lowest BCUT2D eigenvalue weighted by molar-refractivity contribution is -0.385. The highest BCUT2D eigenvalue weighted by atomic mass is 16.6. The number of nitriles is 1. The van der Waals surface area contributed by atoms with Crippen LogP contribution in [-0.4, -0.2) is 9.91 Å². The second-order valence-electron chi connectivity index (χ2n) is 4.66. The quantitative estimate of drug-likeness (QED) is 0.685. The summed E-state index contributed by atoms with van der Waals surface area (Å²) in [6, 6.07) is 10.3. The summed E-state index contributed by atoms with van der Waals surface area (Å²) in [6.45, 7) is 3.57. The SMILES string of the molecule is Cc1c(NC(C)c2ccccn2)cc(C#N)cc1[N+](=O)[O-]. The Balaban J connectivity index is 2.38. The maximum Gasteiger partial charge on any atom is 0.275 e. The van der Waals surface area contributed by atoms with Crippen LogP contribution in [0, 0.1) is 28.4 Å². The number of aromatic nitrogens is 1. The van der Waals surface area contributed by atoms with Crippen molar-refractivity contribution in [1.29, 1.82) is 5.26 Å². The Morgan fingerprint density at radius 1 is 1.43 bits per heavy atom. The Kier molecular flexibility index (Phi) is 4.14. The van der Waals surface area contributed by atoms with E-state index in [1.165, 1.54) is 6.07 Å². The van der Waals surface area contributed by atoms with Crippen molar-refractivity contribution in [2.24, 2.45) is 0 Å². The van der Waals surface area contributed by atoms with Crippen LogP contribution in [0.5, 0.6) is 0 Å². The third-order valence-corrected chi connectivity index (χ3v) is 3.21. The minimum atomic E-state index is -0.479. The van der Waals surface area contributed by atoms with Gasteiger partial charge >= 0.3 is 0 Å². The molecule has 2 aromatic rings. The van der Waals surface area contributed by atoms with Crippen LogP contribution in [-0.2, 0) is 0 Å². The number of nitrogens with zero attached hydrogens (tertiary/aromatic N) is 3. The van der Waals surface area contributed by atoms with Gasteiger partial charge in [0.15, 0.2) is 0 Å². The molecular formula is C15H14N4O2. The standard InChI is InChI=1S/C15H14N4O2/c1-10-14(7-12(9-16)8-15(10)19(20)21)18-11(2)13-5-3-4-6-17-13/h3-8,11,18H,1-2H3. The van der Waals surface area contributed by atoms with Gasteiger partial charge in [-0.15, -0.1) is 0 Å². The largest absolute Gasteiger partial charge is 0.376 e. The van der Waals surface area contributed by atoms with Gasteiger partial charge in [-0.3, -0.25) is 15.1 Å². The molecule has 0 aliphatic rings. The summed E-state index contributed by atoms with van der Waals surface area (Å²) in [6.07, 6.45) is 1.69. The number of nitrogens with one attached hydrogen (secondary N) is 1. The molecule has 1 atom stereocenters. The number of rotatable bonds is 4. The molecule has 0 aliphatic heterocycles. The summed E-state index contributed by atoms with van der Waals surface area (Å²) >= 11 is 0. The third-order valence-electron chi connectivity index (χ3n) is 3.21. The van der Waals surface area contributed by atoms with E-state index in [1.54, 1.807) is 19.2 Å². The summed E-state index contributed by atoms with van der Waals surface area (Å²) in [5.41, 5.74) is 2.08. The lowest BCUT2D eigenvalue weighted by Crippen LogP contribution is -2.10. The van der Waals surface area contributed by atoms with Gasteiger partial charge in [-0.2, -0.15) is 5.26 Å². The van der Waals surface area contributed by atoms with Crippen molar-refractivity contribution in [2.45, 2.75) is 19.9 Å². The molecule has 0 saturated heterocycles. The molecule has 0 bridgehead atoms. The first-order valence-corrected chi connectivity index (χ1v) is 6.39. The van der Waals surface area contributed by atoms with Crippen LogP contribution in [0.15, 0.2) is 36.5 Å². The number of anilines is 1. The van der Waals surface area contributed by atoms with Gasteiger partial charge in [-0.25, -0.2) is 0 Å². The monoisotopic (exact) mass is 282 g/mol. The van der Waals surface area contributed by atoms with Crippen LogP contribution in [0.4, 0.5) is 11.4 Å². The van der Waals surface area contributed by atoms with E-state index >= 15 is 0 Å². The van der Waals surface area contributed by atoms with Gasteiger partial charge in [0.25, 0.3) is 5.69 Å². The number of hydrogen-bond acceptors (Lipinski definition) is 5. The predicted octanol–water partition coefficient (Wildman–Crippen LogP) is 3.34. The van der Waals surface area contributed by atoms with Crippen LogP contribution in [0.2, 0.25) is 0 Å². The van der Waals surface area contributed by atoms with Gasteiger partial charge in [0, 0.05) is 23.5 Å². The lowest BCUT2D eigenvalue weighted by atomic mass is 10.1. The Labute approximate surface area is 122 Å².